The van der Waals surface area contributed by atoms with Crippen LogP contribution < -0.4 is 5.32 Å². The highest BCUT2D eigenvalue weighted by atomic mass is 19.1. The van der Waals surface area contributed by atoms with Crippen LogP contribution in [-0.2, 0) is 9.59 Å². The van der Waals surface area contributed by atoms with Gasteiger partial charge in [0.15, 0.2) is 0 Å². The van der Waals surface area contributed by atoms with Crippen molar-refractivity contribution in [1.82, 2.24) is 0 Å². The maximum atomic E-state index is 13.4. The SMILES string of the molecule is Cc1c(F)cccc1NC(=O)C(C(=O)O)C(C)(C)C. The molecule has 4 nitrogen and oxygen atoms in total. The number of hydrogen-bond donors (Lipinski definition) is 2. The first-order valence-corrected chi connectivity index (χ1v) is 5.93. The lowest BCUT2D eigenvalue weighted by atomic mass is 9.80. The van der Waals surface area contributed by atoms with E-state index in [0.29, 0.717) is 5.69 Å². The van der Waals surface area contributed by atoms with Gasteiger partial charge in [0.05, 0.1) is 0 Å². The summed E-state index contributed by atoms with van der Waals surface area (Å²) < 4.78 is 13.4. The lowest BCUT2D eigenvalue weighted by Gasteiger charge is -2.26. The number of carbonyl (C=O) groups is 2. The molecule has 1 amide bonds. The number of nitrogens with one attached hydrogen (secondary N) is 1. The highest BCUT2D eigenvalue weighted by Crippen LogP contribution is 2.28. The highest BCUT2D eigenvalue weighted by molar-refractivity contribution is 6.05. The quantitative estimate of drug-likeness (QED) is 0.827. The Hall–Kier alpha value is -1.91. The minimum atomic E-state index is -1.20. The fourth-order valence-electron chi connectivity index (χ4n) is 1.82. The minimum Gasteiger partial charge on any atom is -0.481 e. The van der Waals surface area contributed by atoms with Crippen molar-refractivity contribution in [3.63, 3.8) is 0 Å². The Balaban J connectivity index is 3.01. The first-order chi connectivity index (χ1) is 8.64. The highest BCUT2D eigenvalue weighted by Gasteiger charge is 2.37. The number of rotatable bonds is 3. The molecule has 0 heterocycles. The van der Waals surface area contributed by atoms with Crippen molar-refractivity contribution in [2.24, 2.45) is 11.3 Å². The van der Waals surface area contributed by atoms with Crippen molar-refractivity contribution in [2.45, 2.75) is 27.7 Å². The molecule has 104 valence electrons. The van der Waals surface area contributed by atoms with E-state index in [1.807, 2.05) is 0 Å². The van der Waals surface area contributed by atoms with E-state index >= 15 is 0 Å². The van der Waals surface area contributed by atoms with Crippen LogP contribution >= 0.6 is 0 Å². The molecule has 0 fully saturated rings. The Morgan fingerprint density at radius 1 is 1.32 bits per heavy atom. The predicted octanol–water partition coefficient (Wildman–Crippen LogP) is 2.82. The van der Waals surface area contributed by atoms with E-state index < -0.39 is 29.0 Å². The van der Waals surface area contributed by atoms with Crippen LogP contribution in [0.15, 0.2) is 18.2 Å². The molecule has 1 aromatic rings. The topological polar surface area (TPSA) is 66.4 Å². The van der Waals surface area contributed by atoms with Crippen molar-refractivity contribution in [2.75, 3.05) is 5.32 Å². The molecule has 2 N–H and O–H groups in total. The van der Waals surface area contributed by atoms with Gasteiger partial charge in [0.2, 0.25) is 5.91 Å². The molecule has 0 aromatic heterocycles. The lowest BCUT2D eigenvalue weighted by molar-refractivity contribution is -0.149. The van der Waals surface area contributed by atoms with Gasteiger partial charge in [-0.3, -0.25) is 9.59 Å². The van der Waals surface area contributed by atoms with Gasteiger partial charge in [-0.15, -0.1) is 0 Å². The molecule has 19 heavy (non-hydrogen) atoms. The first kappa shape index (κ1) is 15.1. The van der Waals surface area contributed by atoms with Crippen LogP contribution in [0.25, 0.3) is 0 Å². The van der Waals surface area contributed by atoms with Crippen LogP contribution in [0.2, 0.25) is 0 Å². The molecule has 0 bridgehead atoms. The van der Waals surface area contributed by atoms with E-state index in [2.05, 4.69) is 5.32 Å². The fraction of sp³-hybridized carbons (Fsp3) is 0.429. The summed E-state index contributed by atoms with van der Waals surface area (Å²) >= 11 is 0. The zero-order valence-corrected chi connectivity index (χ0v) is 11.5. The fourth-order valence-corrected chi connectivity index (χ4v) is 1.82. The zero-order valence-electron chi connectivity index (χ0n) is 11.5. The van der Waals surface area contributed by atoms with Gasteiger partial charge >= 0.3 is 5.97 Å². The van der Waals surface area contributed by atoms with Crippen LogP contribution in [0.4, 0.5) is 10.1 Å². The summed E-state index contributed by atoms with van der Waals surface area (Å²) in [6.07, 6.45) is 0. The second-order valence-corrected chi connectivity index (χ2v) is 5.54. The Bertz CT molecular complexity index is 506. The van der Waals surface area contributed by atoms with Crippen LogP contribution in [0.1, 0.15) is 26.3 Å². The van der Waals surface area contributed by atoms with Gasteiger partial charge in [0, 0.05) is 11.3 Å². The number of halogens is 1. The number of hydrogen-bond acceptors (Lipinski definition) is 2. The first-order valence-electron chi connectivity index (χ1n) is 5.93. The molecule has 1 unspecified atom stereocenters. The molecule has 1 aromatic carbocycles. The predicted molar refractivity (Wildman–Crippen MR) is 70.3 cm³/mol. The minimum absolute atomic E-state index is 0.286. The van der Waals surface area contributed by atoms with Gasteiger partial charge in [-0.2, -0.15) is 0 Å². The van der Waals surface area contributed by atoms with Crippen LogP contribution in [0.3, 0.4) is 0 Å². The monoisotopic (exact) mass is 267 g/mol. The molecular formula is C14H18FNO3. The molecule has 1 rings (SSSR count). The maximum Gasteiger partial charge on any atom is 0.316 e. The van der Waals surface area contributed by atoms with Gasteiger partial charge in [0.25, 0.3) is 0 Å². The molecule has 0 saturated carbocycles. The molecule has 0 aliphatic carbocycles. The number of carboxylic acids is 1. The van der Waals surface area contributed by atoms with E-state index in [-0.39, 0.29) is 5.56 Å². The van der Waals surface area contributed by atoms with Crippen molar-refractivity contribution >= 4 is 17.6 Å². The third kappa shape index (κ3) is 3.53. The molecule has 0 saturated heterocycles. The summed E-state index contributed by atoms with van der Waals surface area (Å²) in [6.45, 7) is 6.54. The van der Waals surface area contributed by atoms with Gasteiger partial charge in [-0.05, 0) is 24.5 Å². The summed E-state index contributed by atoms with van der Waals surface area (Å²) in [4.78, 5) is 23.2. The van der Waals surface area contributed by atoms with Crippen LogP contribution in [0.5, 0.6) is 0 Å². The summed E-state index contributed by atoms with van der Waals surface area (Å²) in [7, 11) is 0. The average molecular weight is 267 g/mol. The molecule has 0 aliphatic rings. The second-order valence-electron chi connectivity index (χ2n) is 5.54. The third-order valence-corrected chi connectivity index (χ3v) is 2.90. The number of aliphatic carboxylic acids is 1. The number of anilines is 1. The van der Waals surface area contributed by atoms with Gasteiger partial charge in [-0.1, -0.05) is 26.8 Å². The van der Waals surface area contributed by atoms with Gasteiger partial charge in [-0.25, -0.2) is 4.39 Å². The Morgan fingerprint density at radius 2 is 1.89 bits per heavy atom. The molecule has 0 spiro atoms. The van der Waals surface area contributed by atoms with E-state index in [9.17, 15) is 14.0 Å². The smallest absolute Gasteiger partial charge is 0.316 e. The normalized spacial score (nSPS) is 12.9. The van der Waals surface area contributed by atoms with Crippen LogP contribution in [0, 0.1) is 24.1 Å². The summed E-state index contributed by atoms with van der Waals surface area (Å²) in [5.74, 6) is -3.48. The summed E-state index contributed by atoms with van der Waals surface area (Å²) in [5, 5.41) is 11.6. The standard InChI is InChI=1S/C14H18FNO3/c1-8-9(15)6-5-7-10(8)16-12(17)11(13(18)19)14(2,3)4/h5-7,11H,1-4H3,(H,16,17)(H,18,19). The molecule has 0 radical (unpaired) electrons. The van der Waals surface area contributed by atoms with Crippen LogP contribution in [-0.4, -0.2) is 17.0 Å². The number of amides is 1. The molecule has 5 heteroatoms. The largest absolute Gasteiger partial charge is 0.481 e. The number of benzene rings is 1. The van der Waals surface area contributed by atoms with E-state index in [1.165, 1.54) is 25.1 Å². The third-order valence-electron chi connectivity index (χ3n) is 2.90. The van der Waals surface area contributed by atoms with Crippen molar-refractivity contribution in [3.05, 3.63) is 29.6 Å². The Morgan fingerprint density at radius 3 is 2.37 bits per heavy atom. The van der Waals surface area contributed by atoms with Crippen molar-refractivity contribution in [1.29, 1.82) is 0 Å². The maximum absolute atomic E-state index is 13.4. The van der Waals surface area contributed by atoms with E-state index in [1.54, 1.807) is 20.8 Å². The Kier molecular flexibility index (Phi) is 4.29. The molecular weight excluding hydrogens is 249 g/mol. The Labute approximate surface area is 111 Å². The lowest BCUT2D eigenvalue weighted by Crippen LogP contribution is -2.39. The molecule has 0 aliphatic heterocycles. The van der Waals surface area contributed by atoms with Gasteiger partial charge in [0.1, 0.15) is 11.7 Å². The number of carbonyl (C=O) groups excluding carboxylic acids is 1. The van der Waals surface area contributed by atoms with E-state index in [4.69, 9.17) is 5.11 Å². The summed E-state index contributed by atoms with van der Waals surface area (Å²) in [5.41, 5.74) is -0.147. The average Bonchev–Trinajstić information content (AvgIpc) is 2.22. The van der Waals surface area contributed by atoms with Crippen molar-refractivity contribution < 1.29 is 19.1 Å². The molecule has 1 atom stereocenters. The second kappa shape index (κ2) is 5.38. The number of carboxylic acid groups (broad SMARTS) is 1. The van der Waals surface area contributed by atoms with E-state index in [0.717, 1.165) is 0 Å². The summed E-state index contributed by atoms with van der Waals surface area (Å²) in [6, 6.07) is 4.28. The van der Waals surface area contributed by atoms with Crippen molar-refractivity contribution in [3.8, 4) is 0 Å². The van der Waals surface area contributed by atoms with Gasteiger partial charge < -0.3 is 10.4 Å². The zero-order chi connectivity index (χ0) is 14.8.